The van der Waals surface area contributed by atoms with Gasteiger partial charge in [0.15, 0.2) is 0 Å². The molecule has 3 heteroatoms. The molecule has 3 nitrogen and oxygen atoms in total. The van der Waals surface area contributed by atoms with Crippen molar-refractivity contribution in [1.29, 1.82) is 0 Å². The molecule has 0 fully saturated rings. The second-order valence-corrected chi connectivity index (χ2v) is 4.97. The van der Waals surface area contributed by atoms with E-state index >= 15 is 0 Å². The van der Waals surface area contributed by atoms with Gasteiger partial charge in [-0.3, -0.25) is 4.79 Å². The Morgan fingerprint density at radius 2 is 2.00 bits per heavy atom. The number of esters is 1. The summed E-state index contributed by atoms with van der Waals surface area (Å²) in [5.41, 5.74) is 0. The average molecular weight is 278 g/mol. The molecular weight excluding hydrogens is 252 g/mol. The maximum absolute atomic E-state index is 11.4. The predicted molar refractivity (Wildman–Crippen MR) is 80.3 cm³/mol. The highest BCUT2D eigenvalue weighted by Crippen LogP contribution is 2.07. The van der Waals surface area contributed by atoms with E-state index in [1.807, 2.05) is 6.08 Å². The lowest BCUT2D eigenvalue weighted by Gasteiger charge is -2.00. The number of carbonyl (C=O) groups is 1. The lowest BCUT2D eigenvalue weighted by atomic mass is 10.1. The summed E-state index contributed by atoms with van der Waals surface area (Å²) in [6.07, 6.45) is 14.8. The van der Waals surface area contributed by atoms with Gasteiger partial charge >= 0.3 is 5.97 Å². The molecule has 0 radical (unpaired) electrons. The number of hydrogen-bond acceptors (Lipinski definition) is 3. The van der Waals surface area contributed by atoms with Crippen LogP contribution >= 0.6 is 0 Å². The highest BCUT2D eigenvalue weighted by molar-refractivity contribution is 5.71. The zero-order valence-electron chi connectivity index (χ0n) is 12.5. The van der Waals surface area contributed by atoms with Crippen LogP contribution in [0.5, 0.6) is 0 Å². The van der Waals surface area contributed by atoms with Gasteiger partial charge in [0.2, 0.25) is 0 Å². The largest absolute Gasteiger partial charge is 0.466 e. The van der Waals surface area contributed by atoms with Crippen LogP contribution in [0.3, 0.4) is 0 Å². The van der Waals surface area contributed by atoms with Crippen molar-refractivity contribution in [2.75, 3.05) is 0 Å². The first-order valence-electron chi connectivity index (χ1n) is 7.66. The summed E-state index contributed by atoms with van der Waals surface area (Å²) < 4.78 is 10.2. The van der Waals surface area contributed by atoms with Crippen LogP contribution in [-0.4, -0.2) is 5.97 Å². The van der Waals surface area contributed by atoms with Crippen LogP contribution in [0.4, 0.5) is 0 Å². The highest BCUT2D eigenvalue weighted by atomic mass is 16.5. The maximum Gasteiger partial charge on any atom is 0.310 e. The van der Waals surface area contributed by atoms with E-state index in [1.165, 1.54) is 38.5 Å². The lowest BCUT2D eigenvalue weighted by molar-refractivity contribution is -0.144. The summed E-state index contributed by atoms with van der Waals surface area (Å²) in [6.45, 7) is 2.45. The molecule has 1 rings (SSSR count). The average Bonchev–Trinajstić information content (AvgIpc) is 2.96. The minimum absolute atomic E-state index is 0.208. The van der Waals surface area contributed by atoms with E-state index in [0.29, 0.717) is 12.2 Å². The number of unbranched alkanes of at least 4 members (excludes halogenated alkanes) is 6. The predicted octanol–water partition coefficient (Wildman–Crippen LogP) is 5.02. The lowest BCUT2D eigenvalue weighted by Crippen LogP contribution is -2.02. The summed E-state index contributed by atoms with van der Waals surface area (Å²) in [6, 6.07) is 3.57. The van der Waals surface area contributed by atoms with E-state index < -0.39 is 0 Å². The number of rotatable bonds is 11. The van der Waals surface area contributed by atoms with Gasteiger partial charge in [-0.2, -0.15) is 0 Å². The summed E-state index contributed by atoms with van der Waals surface area (Å²) in [4.78, 5) is 11.4. The fourth-order valence-corrected chi connectivity index (χ4v) is 1.95. The van der Waals surface area contributed by atoms with Crippen molar-refractivity contribution in [1.82, 2.24) is 0 Å². The number of hydrogen-bond donors (Lipinski definition) is 0. The third kappa shape index (κ3) is 8.57. The monoisotopic (exact) mass is 278 g/mol. The van der Waals surface area contributed by atoms with E-state index in [4.69, 9.17) is 9.15 Å². The maximum atomic E-state index is 11.4. The first-order valence-corrected chi connectivity index (χ1v) is 7.66. The fourth-order valence-electron chi connectivity index (χ4n) is 1.95. The van der Waals surface area contributed by atoms with Crippen molar-refractivity contribution >= 4 is 5.97 Å². The van der Waals surface area contributed by atoms with Crippen molar-refractivity contribution in [3.05, 3.63) is 36.3 Å². The minimum atomic E-state index is -0.208. The molecule has 0 unspecified atom stereocenters. The smallest absolute Gasteiger partial charge is 0.310 e. The van der Waals surface area contributed by atoms with Gasteiger partial charge in [-0.25, -0.2) is 0 Å². The zero-order valence-corrected chi connectivity index (χ0v) is 12.5. The molecule has 0 saturated heterocycles. The molecule has 0 atom stereocenters. The molecule has 0 aliphatic carbocycles. The molecule has 112 valence electrons. The van der Waals surface area contributed by atoms with Crippen molar-refractivity contribution in [2.45, 2.75) is 64.9 Å². The summed E-state index contributed by atoms with van der Waals surface area (Å²) in [7, 11) is 0. The van der Waals surface area contributed by atoms with Gasteiger partial charge in [-0.1, -0.05) is 51.2 Å². The molecule has 0 aliphatic heterocycles. The van der Waals surface area contributed by atoms with Crippen molar-refractivity contribution < 1.29 is 13.9 Å². The van der Waals surface area contributed by atoms with Crippen LogP contribution < -0.4 is 0 Å². The first kappa shape index (κ1) is 16.5. The van der Waals surface area contributed by atoms with E-state index in [9.17, 15) is 4.79 Å². The van der Waals surface area contributed by atoms with Gasteiger partial charge in [-0.05, 0) is 25.0 Å². The van der Waals surface area contributed by atoms with Crippen LogP contribution in [0.2, 0.25) is 0 Å². The fraction of sp³-hybridized carbons (Fsp3) is 0.588. The topological polar surface area (TPSA) is 39.4 Å². The highest BCUT2D eigenvalue weighted by Gasteiger charge is 2.01. The van der Waals surface area contributed by atoms with Gasteiger partial charge in [0, 0.05) is 0 Å². The number of allylic oxidation sites excluding steroid dienone is 1. The van der Waals surface area contributed by atoms with Crippen molar-refractivity contribution in [3.8, 4) is 0 Å². The Kier molecular flexibility index (Phi) is 9.37. The third-order valence-electron chi connectivity index (χ3n) is 3.13. The molecule has 0 spiro atoms. The van der Waals surface area contributed by atoms with Crippen LogP contribution in [0.25, 0.3) is 0 Å². The number of furan rings is 1. The van der Waals surface area contributed by atoms with Gasteiger partial charge in [0.1, 0.15) is 12.4 Å². The molecule has 0 N–H and O–H groups in total. The summed E-state index contributed by atoms with van der Waals surface area (Å²) >= 11 is 0. The normalized spacial score (nSPS) is 11.1. The van der Waals surface area contributed by atoms with Gasteiger partial charge in [0.05, 0.1) is 12.7 Å². The third-order valence-corrected chi connectivity index (χ3v) is 3.13. The molecule has 0 saturated carbocycles. The Morgan fingerprint density at radius 3 is 2.75 bits per heavy atom. The quantitative estimate of drug-likeness (QED) is 0.324. The minimum Gasteiger partial charge on any atom is -0.466 e. The van der Waals surface area contributed by atoms with Crippen LogP contribution in [0.1, 0.15) is 64.1 Å². The van der Waals surface area contributed by atoms with Crippen molar-refractivity contribution in [2.24, 2.45) is 0 Å². The number of ether oxygens (including phenoxy) is 1. The summed E-state index contributed by atoms with van der Waals surface area (Å²) in [5, 5.41) is 0. The molecular formula is C17H26O3. The Morgan fingerprint density at radius 1 is 1.20 bits per heavy atom. The van der Waals surface area contributed by atoms with E-state index in [-0.39, 0.29) is 12.6 Å². The molecule has 1 aromatic rings. The second-order valence-electron chi connectivity index (χ2n) is 4.97. The second kappa shape index (κ2) is 11.3. The summed E-state index contributed by atoms with van der Waals surface area (Å²) in [5.74, 6) is 0.468. The molecule has 1 heterocycles. The van der Waals surface area contributed by atoms with E-state index in [2.05, 4.69) is 13.0 Å². The number of carbonyl (C=O) groups excluding carboxylic acids is 1. The first-order chi connectivity index (χ1) is 9.83. The molecule has 20 heavy (non-hydrogen) atoms. The van der Waals surface area contributed by atoms with E-state index in [0.717, 1.165) is 6.42 Å². The standard InChI is InChI=1S/C17H26O3/c1-2-3-4-5-6-7-8-9-10-13-17(18)20-15-16-12-11-14-19-16/h9-12,14H,2-8,13,15H2,1H3/b10-9+. The Labute approximate surface area is 122 Å². The Bertz CT molecular complexity index is 366. The zero-order chi connectivity index (χ0) is 14.5. The molecule has 0 aliphatic rings. The molecule has 1 aromatic heterocycles. The Balaban J connectivity index is 1.93. The van der Waals surface area contributed by atoms with Gasteiger partial charge in [-0.15, -0.1) is 0 Å². The van der Waals surface area contributed by atoms with Gasteiger partial charge in [0.25, 0.3) is 0 Å². The van der Waals surface area contributed by atoms with Crippen LogP contribution in [-0.2, 0) is 16.1 Å². The van der Waals surface area contributed by atoms with E-state index in [1.54, 1.807) is 18.4 Å². The molecule has 0 aromatic carbocycles. The van der Waals surface area contributed by atoms with Crippen LogP contribution in [0.15, 0.2) is 35.0 Å². The SMILES string of the molecule is CCCCCCCC/C=C/CC(=O)OCc1ccco1. The van der Waals surface area contributed by atoms with Gasteiger partial charge < -0.3 is 9.15 Å². The molecule has 0 bridgehead atoms. The van der Waals surface area contributed by atoms with Crippen LogP contribution in [0, 0.1) is 0 Å². The molecule has 0 amide bonds. The Hall–Kier alpha value is -1.51. The van der Waals surface area contributed by atoms with Crippen molar-refractivity contribution in [3.63, 3.8) is 0 Å².